The quantitative estimate of drug-likeness (QED) is 0.126. The number of nitrogen functional groups attached to an aromatic ring is 2. The van der Waals surface area contributed by atoms with E-state index < -0.39 is 81.5 Å². The molecule has 0 saturated carbocycles. The standard InChI is InChI=1S/C21H24FN9O10P2S2/c22-10-14-9(39-19(10)30-5-26-11-7(23)1-2-25-16(11)30)4-37-43(35,45)41-15-13(32)8(3-36-42(34,44)40-14)38-20(15)31-6-27-12-17(31)28-21(24)29-18(12)33/h1-2,5-6,8-10,13-15,19-20,32H,3-4H2,(H2,23,25)(H,34,44)(H,35,45)(H3,24,28,29,33)/t8-,9-,10+,13?,14?,15+,19-,20-,42-,43-/m1/s1. The lowest BCUT2D eigenvalue weighted by atomic mass is 10.1. The van der Waals surface area contributed by atoms with Gasteiger partial charge in [-0.05, 0) is 6.07 Å². The third kappa shape index (κ3) is 5.57. The van der Waals surface area contributed by atoms with Crippen molar-refractivity contribution >= 4 is 72.1 Å². The second kappa shape index (κ2) is 11.3. The fourth-order valence-electron chi connectivity index (χ4n) is 5.34. The van der Waals surface area contributed by atoms with Gasteiger partial charge in [-0.2, -0.15) is 4.98 Å². The van der Waals surface area contributed by atoms with Gasteiger partial charge in [0.05, 0.1) is 31.6 Å². The monoisotopic (exact) mass is 707 g/mol. The number of halogens is 1. The Bertz CT molecular complexity index is 1950. The summed E-state index contributed by atoms with van der Waals surface area (Å²) < 4.78 is 79.2. The zero-order chi connectivity index (χ0) is 31.8. The highest BCUT2D eigenvalue weighted by Crippen LogP contribution is 2.60. The van der Waals surface area contributed by atoms with E-state index in [1.165, 1.54) is 34.1 Å². The molecule has 45 heavy (non-hydrogen) atoms. The lowest BCUT2D eigenvalue weighted by Crippen LogP contribution is -2.35. The van der Waals surface area contributed by atoms with Gasteiger partial charge in [-0.3, -0.25) is 37.0 Å². The molecule has 0 amide bonds. The number of aromatic nitrogens is 7. The number of nitrogens with one attached hydrogen (secondary N) is 1. The van der Waals surface area contributed by atoms with Crippen molar-refractivity contribution in [2.75, 3.05) is 24.7 Å². The van der Waals surface area contributed by atoms with E-state index in [-0.39, 0.29) is 22.8 Å². The van der Waals surface area contributed by atoms with Gasteiger partial charge in [0.2, 0.25) is 5.95 Å². The Morgan fingerprint density at radius 3 is 2.29 bits per heavy atom. The zero-order valence-electron chi connectivity index (χ0n) is 22.5. The summed E-state index contributed by atoms with van der Waals surface area (Å²) in [6.45, 7) is -10.1. The average Bonchev–Trinajstić information content (AvgIpc) is 3.72. The number of aromatic amines is 1. The molecule has 3 aliphatic rings. The summed E-state index contributed by atoms with van der Waals surface area (Å²) in [7, 11) is 0. The van der Waals surface area contributed by atoms with E-state index in [4.69, 9.17) is 39.0 Å². The van der Waals surface area contributed by atoms with Crippen LogP contribution in [-0.2, 0) is 36.7 Å². The SMILES string of the molecule is Nc1nc2c(ncn2[C@@H]2O[C@@H]3CO[P@@](=O)(S)OC4[C@@H](CO[P@@](=O)(S)O[C@H]2C3O)O[C@@H](n2cnc3c(N)ccnc32)[C@H]4F)c(=O)[nH]1. The van der Waals surface area contributed by atoms with Crippen LogP contribution in [0.15, 0.2) is 29.7 Å². The van der Waals surface area contributed by atoms with Gasteiger partial charge in [0.1, 0.15) is 36.0 Å². The minimum absolute atomic E-state index is 0.0478. The van der Waals surface area contributed by atoms with Crippen molar-refractivity contribution in [3.8, 4) is 0 Å². The predicted molar refractivity (Wildman–Crippen MR) is 158 cm³/mol. The number of aliphatic hydroxyl groups is 1. The molecule has 4 aromatic rings. The number of rotatable bonds is 2. The molecule has 3 aliphatic heterocycles. The molecule has 242 valence electrons. The van der Waals surface area contributed by atoms with Crippen molar-refractivity contribution in [1.29, 1.82) is 0 Å². The molecule has 0 radical (unpaired) electrons. The number of hydrogen-bond acceptors (Lipinski definition) is 16. The maximum Gasteiger partial charge on any atom is 0.386 e. The first-order valence-electron chi connectivity index (χ1n) is 13.1. The fourth-order valence-corrected chi connectivity index (χ4v) is 8.29. The molecule has 3 fully saturated rings. The Morgan fingerprint density at radius 2 is 1.56 bits per heavy atom. The highest BCUT2D eigenvalue weighted by Gasteiger charge is 2.54. The summed E-state index contributed by atoms with van der Waals surface area (Å²) in [6.07, 6.45) is -8.35. The topological polar surface area (TPSA) is 256 Å². The van der Waals surface area contributed by atoms with Crippen LogP contribution in [0.5, 0.6) is 0 Å². The maximum absolute atomic E-state index is 16.0. The molecule has 7 heterocycles. The molecule has 4 aromatic heterocycles. The van der Waals surface area contributed by atoms with Gasteiger partial charge in [0.15, 0.2) is 35.4 Å². The van der Waals surface area contributed by atoms with Gasteiger partial charge in [0.25, 0.3) is 5.56 Å². The van der Waals surface area contributed by atoms with Crippen LogP contribution in [-0.4, -0.2) is 89.1 Å². The van der Waals surface area contributed by atoms with E-state index in [1.807, 2.05) is 0 Å². The molecule has 6 N–H and O–H groups in total. The van der Waals surface area contributed by atoms with Crippen molar-refractivity contribution in [2.45, 2.75) is 49.1 Å². The number of thiol groups is 2. The van der Waals surface area contributed by atoms with E-state index in [9.17, 15) is 19.0 Å². The number of ether oxygens (including phenoxy) is 2. The number of aliphatic hydroxyl groups excluding tert-OH is 1. The van der Waals surface area contributed by atoms with Crippen LogP contribution >= 0.6 is 38.1 Å². The molecule has 19 nitrogen and oxygen atoms in total. The van der Waals surface area contributed by atoms with Crippen LogP contribution < -0.4 is 17.0 Å². The number of nitrogens with zero attached hydrogens (tertiary/aromatic N) is 6. The minimum atomic E-state index is -4.41. The number of H-pyrrole nitrogens is 1. The van der Waals surface area contributed by atoms with E-state index >= 15 is 4.39 Å². The van der Waals surface area contributed by atoms with Gasteiger partial charge < -0.3 is 26.0 Å². The van der Waals surface area contributed by atoms with Crippen molar-refractivity contribution in [1.82, 2.24) is 34.1 Å². The third-order valence-electron chi connectivity index (χ3n) is 7.38. The zero-order valence-corrected chi connectivity index (χ0v) is 26.0. The molecule has 2 bridgehead atoms. The van der Waals surface area contributed by atoms with Crippen molar-refractivity contribution in [2.24, 2.45) is 0 Å². The Labute approximate surface area is 261 Å². The van der Waals surface area contributed by atoms with E-state index in [0.29, 0.717) is 11.2 Å². The van der Waals surface area contributed by atoms with Gasteiger partial charge in [-0.25, -0.2) is 28.5 Å². The molecule has 3 saturated heterocycles. The normalized spacial score (nSPS) is 37.7. The van der Waals surface area contributed by atoms with Gasteiger partial charge in [0, 0.05) is 6.20 Å². The van der Waals surface area contributed by atoms with E-state index in [1.54, 1.807) is 0 Å². The summed E-state index contributed by atoms with van der Waals surface area (Å²) in [6, 6.07) is 1.52. The average molecular weight is 708 g/mol. The number of imidazole rings is 2. The first kappa shape index (κ1) is 31.0. The summed E-state index contributed by atoms with van der Waals surface area (Å²) >= 11 is 8.05. The Morgan fingerprint density at radius 1 is 0.933 bits per heavy atom. The third-order valence-corrected chi connectivity index (χ3v) is 10.6. The van der Waals surface area contributed by atoms with Crippen LogP contribution in [0.3, 0.4) is 0 Å². The van der Waals surface area contributed by atoms with Crippen LogP contribution in [0.4, 0.5) is 16.0 Å². The fraction of sp³-hybridized carbons (Fsp3) is 0.476. The smallest absolute Gasteiger partial charge is 0.386 e. The number of nitrogens with two attached hydrogens (primary N) is 2. The van der Waals surface area contributed by atoms with Crippen molar-refractivity contribution in [3.63, 3.8) is 0 Å². The lowest BCUT2D eigenvalue weighted by molar-refractivity contribution is -0.0568. The largest absolute Gasteiger partial charge is 0.397 e. The molecular formula is C21H24FN9O10P2S2. The first-order chi connectivity index (χ1) is 21.3. The van der Waals surface area contributed by atoms with Crippen LogP contribution in [0, 0.1) is 0 Å². The number of fused-ring (bicyclic) bond motifs is 5. The van der Waals surface area contributed by atoms with Crippen LogP contribution in [0.25, 0.3) is 22.3 Å². The van der Waals surface area contributed by atoms with Crippen LogP contribution in [0.2, 0.25) is 0 Å². The number of alkyl halides is 1. The molecule has 7 rings (SSSR count). The Hall–Kier alpha value is -2.62. The molecule has 0 spiro atoms. The van der Waals surface area contributed by atoms with Gasteiger partial charge in [-0.1, -0.05) is 24.5 Å². The second-order valence-corrected chi connectivity index (χ2v) is 16.0. The van der Waals surface area contributed by atoms with Gasteiger partial charge in [-0.15, -0.1) is 0 Å². The van der Waals surface area contributed by atoms with Crippen LogP contribution in [0.1, 0.15) is 12.5 Å². The summed E-state index contributed by atoms with van der Waals surface area (Å²) in [5, 5.41) is 11.1. The number of pyridine rings is 1. The van der Waals surface area contributed by atoms with E-state index in [2.05, 4.69) is 49.4 Å². The Kier molecular flexibility index (Phi) is 7.76. The summed E-state index contributed by atoms with van der Waals surface area (Å²) in [5.74, 6) is -0.234. The number of anilines is 2. The summed E-state index contributed by atoms with van der Waals surface area (Å²) in [4.78, 5) is 31.1. The predicted octanol–water partition coefficient (Wildman–Crippen LogP) is 1.12. The highest BCUT2D eigenvalue weighted by atomic mass is 32.7. The molecule has 0 aliphatic carbocycles. The second-order valence-electron chi connectivity index (χ2n) is 10.2. The highest BCUT2D eigenvalue weighted by molar-refractivity contribution is 8.44. The first-order valence-corrected chi connectivity index (χ1v) is 18.4. The minimum Gasteiger partial charge on any atom is -0.397 e. The van der Waals surface area contributed by atoms with Crippen molar-refractivity contribution < 1.29 is 46.2 Å². The maximum atomic E-state index is 16.0. The van der Waals surface area contributed by atoms with Crippen molar-refractivity contribution in [3.05, 3.63) is 35.3 Å². The Balaban J connectivity index is 1.21. The molecule has 24 heteroatoms. The summed E-state index contributed by atoms with van der Waals surface area (Å²) in [5.41, 5.74) is 11.6. The lowest BCUT2D eigenvalue weighted by Gasteiger charge is -2.26. The molecule has 0 aromatic carbocycles. The number of hydrogen-bond donors (Lipinski definition) is 6. The van der Waals surface area contributed by atoms with E-state index in [0.717, 1.165) is 0 Å². The molecular weight excluding hydrogens is 683 g/mol. The van der Waals surface area contributed by atoms with Gasteiger partial charge >= 0.3 is 13.6 Å². The molecule has 10 atom stereocenters. The molecule has 2 unspecified atom stereocenters.